The number of anilines is 2. The van der Waals surface area contributed by atoms with E-state index in [4.69, 9.17) is 28.9 Å². The van der Waals surface area contributed by atoms with E-state index >= 15 is 0 Å². The lowest BCUT2D eigenvalue weighted by Gasteiger charge is -2.18. The van der Waals surface area contributed by atoms with Crippen molar-refractivity contribution in [2.75, 3.05) is 11.1 Å². The van der Waals surface area contributed by atoms with Crippen LogP contribution in [0, 0.1) is 0 Å². The number of rotatable bonds is 3. The summed E-state index contributed by atoms with van der Waals surface area (Å²) in [6.07, 6.45) is 0. The summed E-state index contributed by atoms with van der Waals surface area (Å²) in [7, 11) is 0. The summed E-state index contributed by atoms with van der Waals surface area (Å²) in [5.41, 5.74) is 8.08. The maximum absolute atomic E-state index is 6.16. The molecule has 100 valence electrons. The van der Waals surface area contributed by atoms with Gasteiger partial charge in [-0.1, -0.05) is 51.3 Å². The van der Waals surface area contributed by atoms with Crippen LogP contribution in [0.3, 0.4) is 0 Å². The molecule has 0 aromatic heterocycles. The standard InChI is InChI=1S/C14H13BrCl2N2/c1-8(9-2-4-10(15)5-3-9)19-14-12(16)6-11(18)7-13(14)17/h2-8,19H,18H2,1H3. The zero-order valence-corrected chi connectivity index (χ0v) is 13.4. The minimum atomic E-state index is 0.0896. The Kier molecular flexibility index (Phi) is 4.61. The van der Waals surface area contributed by atoms with Crippen molar-refractivity contribution in [3.63, 3.8) is 0 Å². The Morgan fingerprint density at radius 1 is 1.11 bits per heavy atom. The lowest BCUT2D eigenvalue weighted by molar-refractivity contribution is 0.884. The second kappa shape index (κ2) is 6.04. The molecular formula is C14H13BrCl2N2. The van der Waals surface area contributed by atoms with E-state index in [1.165, 1.54) is 0 Å². The molecule has 0 aliphatic heterocycles. The molecule has 2 aromatic rings. The predicted octanol–water partition coefficient (Wildman–Crippen LogP) is 5.51. The normalized spacial score (nSPS) is 12.2. The molecule has 2 nitrogen and oxygen atoms in total. The van der Waals surface area contributed by atoms with Gasteiger partial charge in [0.2, 0.25) is 0 Å². The fraction of sp³-hybridized carbons (Fsp3) is 0.143. The summed E-state index contributed by atoms with van der Waals surface area (Å²) >= 11 is 15.7. The molecule has 0 amide bonds. The average Bonchev–Trinajstić information content (AvgIpc) is 2.34. The number of halogens is 3. The van der Waals surface area contributed by atoms with Gasteiger partial charge in [-0.3, -0.25) is 0 Å². The van der Waals surface area contributed by atoms with Crippen molar-refractivity contribution < 1.29 is 0 Å². The molecule has 2 aromatic carbocycles. The molecule has 0 bridgehead atoms. The maximum Gasteiger partial charge on any atom is 0.0725 e. The van der Waals surface area contributed by atoms with Gasteiger partial charge in [0.15, 0.2) is 0 Å². The summed E-state index contributed by atoms with van der Waals surface area (Å²) in [6.45, 7) is 2.05. The fourth-order valence-corrected chi connectivity index (χ4v) is 2.66. The summed E-state index contributed by atoms with van der Waals surface area (Å²) < 4.78 is 1.05. The minimum absolute atomic E-state index is 0.0896. The number of nitrogens with one attached hydrogen (secondary N) is 1. The van der Waals surface area contributed by atoms with Crippen LogP contribution in [0.4, 0.5) is 11.4 Å². The SMILES string of the molecule is CC(Nc1c(Cl)cc(N)cc1Cl)c1ccc(Br)cc1. The first-order valence-corrected chi connectivity index (χ1v) is 7.29. The van der Waals surface area contributed by atoms with Crippen molar-refractivity contribution >= 4 is 50.5 Å². The molecule has 0 fully saturated rings. The van der Waals surface area contributed by atoms with Crippen LogP contribution >= 0.6 is 39.1 Å². The summed E-state index contributed by atoms with van der Waals surface area (Å²) in [6, 6.07) is 11.5. The van der Waals surface area contributed by atoms with Gasteiger partial charge in [-0.2, -0.15) is 0 Å². The Hall–Kier alpha value is -0.900. The molecule has 0 saturated carbocycles. The highest BCUT2D eigenvalue weighted by atomic mass is 79.9. The molecule has 1 atom stereocenters. The van der Waals surface area contributed by atoms with Crippen LogP contribution in [0.2, 0.25) is 10.0 Å². The van der Waals surface area contributed by atoms with E-state index < -0.39 is 0 Å². The predicted molar refractivity (Wildman–Crippen MR) is 87.1 cm³/mol. The molecule has 0 spiro atoms. The minimum Gasteiger partial charge on any atom is -0.399 e. The number of hydrogen-bond acceptors (Lipinski definition) is 2. The highest BCUT2D eigenvalue weighted by Crippen LogP contribution is 2.35. The number of hydrogen-bond donors (Lipinski definition) is 2. The number of nitrogens with two attached hydrogens (primary N) is 1. The molecule has 0 radical (unpaired) electrons. The van der Waals surface area contributed by atoms with Gasteiger partial charge in [-0.25, -0.2) is 0 Å². The maximum atomic E-state index is 6.16. The second-order valence-corrected chi connectivity index (χ2v) is 6.01. The lowest BCUT2D eigenvalue weighted by Crippen LogP contribution is -2.07. The highest BCUT2D eigenvalue weighted by Gasteiger charge is 2.11. The van der Waals surface area contributed by atoms with Gasteiger partial charge in [0.05, 0.1) is 15.7 Å². The number of benzene rings is 2. The molecule has 1 unspecified atom stereocenters. The quantitative estimate of drug-likeness (QED) is 0.709. The van der Waals surface area contributed by atoms with Crippen molar-refractivity contribution in [1.82, 2.24) is 0 Å². The molecule has 0 heterocycles. The zero-order valence-electron chi connectivity index (χ0n) is 10.3. The van der Waals surface area contributed by atoms with Gasteiger partial charge in [-0.05, 0) is 36.8 Å². The molecule has 2 rings (SSSR count). The topological polar surface area (TPSA) is 38.0 Å². The third kappa shape index (κ3) is 3.56. The van der Waals surface area contributed by atoms with E-state index in [1.54, 1.807) is 12.1 Å². The average molecular weight is 360 g/mol. The van der Waals surface area contributed by atoms with Crippen LogP contribution in [0.5, 0.6) is 0 Å². The Bertz CT molecular complexity index is 561. The first kappa shape index (κ1) is 14.5. The first-order chi connectivity index (χ1) is 8.97. The smallest absolute Gasteiger partial charge is 0.0725 e. The van der Waals surface area contributed by atoms with Crippen LogP contribution in [0.15, 0.2) is 40.9 Å². The van der Waals surface area contributed by atoms with Crippen molar-refractivity contribution in [2.24, 2.45) is 0 Å². The summed E-state index contributed by atoms with van der Waals surface area (Å²) in [5, 5.41) is 4.35. The Balaban J connectivity index is 2.24. The van der Waals surface area contributed by atoms with Crippen LogP contribution in [0.25, 0.3) is 0 Å². The third-order valence-corrected chi connectivity index (χ3v) is 3.92. The zero-order chi connectivity index (χ0) is 14.0. The third-order valence-electron chi connectivity index (χ3n) is 2.80. The van der Waals surface area contributed by atoms with Crippen LogP contribution in [-0.2, 0) is 0 Å². The van der Waals surface area contributed by atoms with E-state index in [2.05, 4.69) is 21.2 Å². The lowest BCUT2D eigenvalue weighted by atomic mass is 10.1. The van der Waals surface area contributed by atoms with E-state index in [9.17, 15) is 0 Å². The second-order valence-electron chi connectivity index (χ2n) is 4.28. The monoisotopic (exact) mass is 358 g/mol. The summed E-state index contributed by atoms with van der Waals surface area (Å²) in [5.74, 6) is 0. The molecule has 0 aliphatic carbocycles. The Morgan fingerprint density at radius 3 is 2.16 bits per heavy atom. The molecule has 5 heteroatoms. The largest absolute Gasteiger partial charge is 0.399 e. The molecule has 3 N–H and O–H groups in total. The highest BCUT2D eigenvalue weighted by molar-refractivity contribution is 9.10. The van der Waals surface area contributed by atoms with Crippen molar-refractivity contribution in [1.29, 1.82) is 0 Å². The van der Waals surface area contributed by atoms with E-state index in [1.807, 2.05) is 31.2 Å². The van der Waals surface area contributed by atoms with E-state index in [-0.39, 0.29) is 6.04 Å². The fourth-order valence-electron chi connectivity index (χ4n) is 1.78. The number of nitrogen functional groups attached to an aromatic ring is 1. The van der Waals surface area contributed by atoms with Gasteiger partial charge in [0.25, 0.3) is 0 Å². The molecule has 0 aliphatic rings. The van der Waals surface area contributed by atoms with Crippen LogP contribution in [0.1, 0.15) is 18.5 Å². The Morgan fingerprint density at radius 2 is 1.63 bits per heavy atom. The van der Waals surface area contributed by atoms with Gasteiger partial charge < -0.3 is 11.1 Å². The first-order valence-electron chi connectivity index (χ1n) is 5.74. The van der Waals surface area contributed by atoms with Crippen molar-refractivity contribution in [3.05, 3.63) is 56.5 Å². The van der Waals surface area contributed by atoms with Gasteiger partial charge >= 0.3 is 0 Å². The van der Waals surface area contributed by atoms with Crippen LogP contribution in [-0.4, -0.2) is 0 Å². The Labute approximate surface area is 131 Å². The van der Waals surface area contributed by atoms with E-state index in [0.29, 0.717) is 21.4 Å². The van der Waals surface area contributed by atoms with Crippen molar-refractivity contribution in [2.45, 2.75) is 13.0 Å². The molecule has 0 saturated heterocycles. The van der Waals surface area contributed by atoms with Crippen molar-refractivity contribution in [3.8, 4) is 0 Å². The van der Waals surface area contributed by atoms with Crippen LogP contribution < -0.4 is 11.1 Å². The molecular weight excluding hydrogens is 347 g/mol. The summed E-state index contributed by atoms with van der Waals surface area (Å²) in [4.78, 5) is 0. The van der Waals surface area contributed by atoms with Gasteiger partial charge in [0.1, 0.15) is 0 Å². The van der Waals surface area contributed by atoms with Gasteiger partial charge in [-0.15, -0.1) is 0 Å². The van der Waals surface area contributed by atoms with Gasteiger partial charge in [0, 0.05) is 16.2 Å². The van der Waals surface area contributed by atoms with E-state index in [0.717, 1.165) is 10.0 Å². The molecule has 19 heavy (non-hydrogen) atoms.